The van der Waals surface area contributed by atoms with Gasteiger partial charge >= 0.3 is 0 Å². The van der Waals surface area contributed by atoms with Gasteiger partial charge in [0.05, 0.1) is 0 Å². The van der Waals surface area contributed by atoms with E-state index in [0.29, 0.717) is 36.0 Å². The highest BCUT2D eigenvalue weighted by molar-refractivity contribution is 5.94. The van der Waals surface area contributed by atoms with Crippen LogP contribution in [-0.4, -0.2) is 53.1 Å². The summed E-state index contributed by atoms with van der Waals surface area (Å²) in [5, 5.41) is 8.25. The number of rotatable bonds is 8. The van der Waals surface area contributed by atoms with Gasteiger partial charge < -0.3 is 14.2 Å². The first-order chi connectivity index (χ1) is 16.8. The summed E-state index contributed by atoms with van der Waals surface area (Å²) in [5.74, 6) is -0.829. The molecule has 180 valence electrons. The molecule has 0 radical (unpaired) electrons. The first-order valence-electron chi connectivity index (χ1n) is 11.2. The Bertz CT molecular complexity index is 1300. The number of amides is 1. The Labute approximate surface area is 202 Å². The van der Waals surface area contributed by atoms with Crippen molar-refractivity contribution >= 4 is 5.91 Å². The van der Waals surface area contributed by atoms with Gasteiger partial charge in [-0.3, -0.25) is 4.79 Å². The van der Waals surface area contributed by atoms with E-state index in [-0.39, 0.29) is 18.0 Å². The highest BCUT2D eigenvalue weighted by atomic mass is 19.1. The third kappa shape index (κ3) is 5.96. The SMILES string of the molecule is Cc1ccc(-c2nnc(-c3ccc(C(=O)N(CCN(C)C)Cc4ccc(F)cc4F)cc3)o2)cc1. The zero-order valence-electron chi connectivity index (χ0n) is 19.8. The molecule has 1 amide bonds. The minimum absolute atomic E-state index is 0.0319. The van der Waals surface area contributed by atoms with Crippen molar-refractivity contribution in [3.8, 4) is 22.9 Å². The molecule has 0 aliphatic carbocycles. The first-order valence-corrected chi connectivity index (χ1v) is 11.2. The predicted molar refractivity (Wildman–Crippen MR) is 130 cm³/mol. The van der Waals surface area contributed by atoms with Gasteiger partial charge in [0.25, 0.3) is 5.91 Å². The smallest absolute Gasteiger partial charge is 0.254 e. The molecule has 4 rings (SSSR count). The monoisotopic (exact) mass is 476 g/mol. The maximum absolute atomic E-state index is 14.2. The Kier molecular flexibility index (Phi) is 7.31. The van der Waals surface area contributed by atoms with E-state index < -0.39 is 11.6 Å². The van der Waals surface area contributed by atoms with Crippen molar-refractivity contribution in [1.82, 2.24) is 20.0 Å². The Balaban J connectivity index is 1.52. The normalized spacial score (nSPS) is 11.1. The van der Waals surface area contributed by atoms with Crippen LogP contribution in [0.2, 0.25) is 0 Å². The minimum Gasteiger partial charge on any atom is -0.416 e. The maximum atomic E-state index is 14.2. The standard InChI is InChI=1S/C27H26F2N4O2/c1-18-4-6-19(7-5-18)25-30-31-26(35-25)20-8-10-21(11-9-20)27(34)33(15-14-32(2)3)17-22-12-13-23(28)16-24(22)29/h4-13,16H,14-15,17H2,1-3H3. The van der Waals surface area contributed by atoms with Gasteiger partial charge in [-0.1, -0.05) is 23.8 Å². The maximum Gasteiger partial charge on any atom is 0.254 e. The van der Waals surface area contributed by atoms with Gasteiger partial charge in [0.15, 0.2) is 0 Å². The molecule has 0 aliphatic heterocycles. The summed E-state index contributed by atoms with van der Waals surface area (Å²) in [6.07, 6.45) is 0. The van der Waals surface area contributed by atoms with Crippen LogP contribution in [-0.2, 0) is 6.54 Å². The molecule has 0 atom stereocenters. The molecule has 0 fully saturated rings. The average Bonchev–Trinajstić information content (AvgIpc) is 3.33. The van der Waals surface area contributed by atoms with E-state index in [2.05, 4.69) is 10.2 Å². The van der Waals surface area contributed by atoms with Crippen molar-refractivity contribution in [3.05, 3.63) is 95.1 Å². The van der Waals surface area contributed by atoms with Crippen LogP contribution in [0.15, 0.2) is 71.1 Å². The fraction of sp³-hybridized carbons (Fsp3) is 0.222. The molecule has 0 saturated heterocycles. The summed E-state index contributed by atoms with van der Waals surface area (Å²) < 4.78 is 33.4. The van der Waals surface area contributed by atoms with Crippen molar-refractivity contribution in [1.29, 1.82) is 0 Å². The van der Waals surface area contributed by atoms with Crippen molar-refractivity contribution in [2.24, 2.45) is 0 Å². The second-order valence-corrected chi connectivity index (χ2v) is 8.62. The highest BCUT2D eigenvalue weighted by Gasteiger charge is 2.19. The van der Waals surface area contributed by atoms with E-state index in [9.17, 15) is 13.6 Å². The number of hydrogen-bond donors (Lipinski definition) is 0. The van der Waals surface area contributed by atoms with Gasteiger partial charge in [-0.05, 0) is 63.5 Å². The van der Waals surface area contributed by atoms with Gasteiger partial charge in [0.1, 0.15) is 11.6 Å². The summed E-state index contributed by atoms with van der Waals surface area (Å²) in [6, 6.07) is 18.0. The zero-order chi connectivity index (χ0) is 24.9. The van der Waals surface area contributed by atoms with Crippen molar-refractivity contribution in [2.45, 2.75) is 13.5 Å². The first kappa shape index (κ1) is 24.2. The summed E-state index contributed by atoms with van der Waals surface area (Å²) >= 11 is 0. The van der Waals surface area contributed by atoms with Crippen LogP contribution in [0.25, 0.3) is 22.9 Å². The summed E-state index contributed by atoms with van der Waals surface area (Å²) in [5.41, 5.74) is 3.33. The second kappa shape index (κ2) is 10.6. The van der Waals surface area contributed by atoms with Crippen LogP contribution in [0.5, 0.6) is 0 Å². The van der Waals surface area contributed by atoms with E-state index >= 15 is 0 Å². The fourth-order valence-electron chi connectivity index (χ4n) is 3.52. The topological polar surface area (TPSA) is 62.5 Å². The number of halogens is 2. The van der Waals surface area contributed by atoms with Crippen molar-refractivity contribution < 1.29 is 18.0 Å². The lowest BCUT2D eigenvalue weighted by molar-refractivity contribution is 0.0730. The predicted octanol–water partition coefficient (Wildman–Crippen LogP) is 5.19. The minimum atomic E-state index is -0.677. The van der Waals surface area contributed by atoms with E-state index in [4.69, 9.17) is 4.42 Å². The highest BCUT2D eigenvalue weighted by Crippen LogP contribution is 2.25. The lowest BCUT2D eigenvalue weighted by Gasteiger charge is -2.25. The van der Waals surface area contributed by atoms with Gasteiger partial charge in [-0.15, -0.1) is 10.2 Å². The van der Waals surface area contributed by atoms with Crippen LogP contribution in [0.4, 0.5) is 8.78 Å². The van der Waals surface area contributed by atoms with Crippen LogP contribution >= 0.6 is 0 Å². The zero-order valence-corrected chi connectivity index (χ0v) is 19.8. The number of aryl methyl sites for hydroxylation is 1. The van der Waals surface area contributed by atoms with E-state index in [1.807, 2.05) is 50.2 Å². The quantitative estimate of drug-likeness (QED) is 0.350. The average molecular weight is 477 g/mol. The fourth-order valence-corrected chi connectivity index (χ4v) is 3.52. The van der Waals surface area contributed by atoms with Crippen LogP contribution in [0.1, 0.15) is 21.5 Å². The molecule has 0 saturated carbocycles. The molecule has 4 aromatic rings. The van der Waals surface area contributed by atoms with Crippen LogP contribution < -0.4 is 0 Å². The van der Waals surface area contributed by atoms with Gasteiger partial charge in [0, 0.05) is 48.0 Å². The third-order valence-corrected chi connectivity index (χ3v) is 5.58. The summed E-state index contributed by atoms with van der Waals surface area (Å²) in [4.78, 5) is 16.7. The molecule has 1 heterocycles. The Morgan fingerprint density at radius 2 is 1.46 bits per heavy atom. The molecule has 0 N–H and O–H groups in total. The Morgan fingerprint density at radius 1 is 0.857 bits per heavy atom. The van der Waals surface area contributed by atoms with E-state index in [1.54, 1.807) is 29.2 Å². The third-order valence-electron chi connectivity index (χ3n) is 5.58. The van der Waals surface area contributed by atoms with Crippen LogP contribution in [0.3, 0.4) is 0 Å². The van der Waals surface area contributed by atoms with E-state index in [1.165, 1.54) is 12.1 Å². The van der Waals surface area contributed by atoms with Gasteiger partial charge in [0.2, 0.25) is 11.8 Å². The molecule has 6 nitrogen and oxygen atoms in total. The number of benzene rings is 3. The summed E-state index contributed by atoms with van der Waals surface area (Å²) in [6.45, 7) is 3.01. The molecule has 0 unspecified atom stereocenters. The van der Waals surface area contributed by atoms with Crippen molar-refractivity contribution in [2.75, 3.05) is 27.2 Å². The number of carbonyl (C=O) groups excluding carboxylic acids is 1. The van der Waals surface area contributed by atoms with Crippen molar-refractivity contribution in [3.63, 3.8) is 0 Å². The van der Waals surface area contributed by atoms with Crippen LogP contribution in [0, 0.1) is 18.6 Å². The van der Waals surface area contributed by atoms with E-state index in [0.717, 1.165) is 17.2 Å². The lowest BCUT2D eigenvalue weighted by atomic mass is 10.1. The number of aromatic nitrogens is 2. The number of nitrogens with zero attached hydrogens (tertiary/aromatic N) is 4. The Morgan fingerprint density at radius 3 is 2.03 bits per heavy atom. The lowest BCUT2D eigenvalue weighted by Crippen LogP contribution is -2.36. The molecule has 35 heavy (non-hydrogen) atoms. The molecule has 0 bridgehead atoms. The molecule has 3 aromatic carbocycles. The molecular weight excluding hydrogens is 450 g/mol. The Hall–Kier alpha value is -3.91. The molecule has 0 aliphatic rings. The summed E-state index contributed by atoms with van der Waals surface area (Å²) in [7, 11) is 3.79. The number of carbonyl (C=O) groups is 1. The van der Waals surface area contributed by atoms with Gasteiger partial charge in [-0.25, -0.2) is 8.78 Å². The van der Waals surface area contributed by atoms with Gasteiger partial charge in [-0.2, -0.15) is 0 Å². The second-order valence-electron chi connectivity index (χ2n) is 8.62. The molecule has 0 spiro atoms. The number of likely N-dealkylation sites (N-methyl/N-ethyl adjacent to an activating group) is 1. The molecule has 8 heteroatoms. The molecular formula is C27H26F2N4O2. The number of hydrogen-bond acceptors (Lipinski definition) is 5. The molecule has 1 aromatic heterocycles. The largest absolute Gasteiger partial charge is 0.416 e.